The molecule has 20 heavy (non-hydrogen) atoms. The number of nitrogens with two attached hydrogens (primary N) is 1. The first-order valence-electron chi connectivity index (χ1n) is 6.45. The zero-order chi connectivity index (χ0) is 14.4. The van der Waals surface area contributed by atoms with E-state index in [0.717, 1.165) is 6.42 Å². The van der Waals surface area contributed by atoms with Crippen molar-refractivity contribution in [2.24, 2.45) is 5.84 Å². The van der Waals surface area contributed by atoms with Crippen LogP contribution in [0.1, 0.15) is 18.1 Å². The number of nitrogens with zero attached hydrogens (tertiary/aromatic N) is 2. The maximum atomic E-state index is 5.39. The standard InChI is InChI=1S/C14H19N5O/c1-3-10-4-6-11(7-5-10)8-16-13-12(20-2)14(19-15)18-9-17-13/h4-7,9H,3,8,15H2,1-2H3,(H2,16,17,18,19). The molecule has 0 unspecified atom stereocenters. The van der Waals surface area contributed by atoms with Crippen molar-refractivity contribution in [3.63, 3.8) is 0 Å². The number of hydrogen-bond donors (Lipinski definition) is 3. The van der Waals surface area contributed by atoms with Crippen LogP contribution in [-0.2, 0) is 13.0 Å². The highest BCUT2D eigenvalue weighted by Crippen LogP contribution is 2.28. The molecule has 0 aliphatic heterocycles. The lowest BCUT2D eigenvalue weighted by atomic mass is 10.1. The summed E-state index contributed by atoms with van der Waals surface area (Å²) in [5, 5.41) is 3.22. The van der Waals surface area contributed by atoms with E-state index in [1.807, 2.05) is 0 Å². The molecule has 0 aliphatic carbocycles. The summed E-state index contributed by atoms with van der Waals surface area (Å²) in [6, 6.07) is 8.45. The molecule has 106 valence electrons. The summed E-state index contributed by atoms with van der Waals surface area (Å²) < 4.78 is 5.26. The van der Waals surface area contributed by atoms with Gasteiger partial charge >= 0.3 is 0 Å². The molecule has 0 aliphatic rings. The van der Waals surface area contributed by atoms with Crippen molar-refractivity contribution < 1.29 is 4.74 Å². The smallest absolute Gasteiger partial charge is 0.205 e. The van der Waals surface area contributed by atoms with Crippen LogP contribution in [0.15, 0.2) is 30.6 Å². The number of ether oxygens (including phenoxy) is 1. The highest BCUT2D eigenvalue weighted by atomic mass is 16.5. The second-order valence-electron chi connectivity index (χ2n) is 4.27. The van der Waals surface area contributed by atoms with Gasteiger partial charge in [-0.25, -0.2) is 15.8 Å². The molecular formula is C14H19N5O. The molecule has 1 aromatic carbocycles. The third-order valence-electron chi connectivity index (χ3n) is 3.04. The van der Waals surface area contributed by atoms with Gasteiger partial charge in [-0.3, -0.25) is 0 Å². The quantitative estimate of drug-likeness (QED) is 0.551. The van der Waals surface area contributed by atoms with E-state index in [4.69, 9.17) is 10.6 Å². The van der Waals surface area contributed by atoms with E-state index in [1.54, 1.807) is 7.11 Å². The predicted molar refractivity (Wildman–Crippen MR) is 79.5 cm³/mol. The van der Waals surface area contributed by atoms with Crippen molar-refractivity contribution in [1.29, 1.82) is 0 Å². The number of nitrogen functional groups attached to an aromatic ring is 1. The van der Waals surface area contributed by atoms with Gasteiger partial charge in [-0.15, -0.1) is 0 Å². The summed E-state index contributed by atoms with van der Waals surface area (Å²) >= 11 is 0. The van der Waals surface area contributed by atoms with Gasteiger partial charge in [-0.05, 0) is 17.5 Å². The van der Waals surface area contributed by atoms with Crippen molar-refractivity contribution in [1.82, 2.24) is 9.97 Å². The Morgan fingerprint density at radius 2 is 1.75 bits per heavy atom. The Bertz CT molecular complexity index is 556. The van der Waals surface area contributed by atoms with Gasteiger partial charge in [0.2, 0.25) is 5.75 Å². The highest BCUT2D eigenvalue weighted by molar-refractivity contribution is 5.63. The van der Waals surface area contributed by atoms with Crippen LogP contribution in [0, 0.1) is 0 Å². The summed E-state index contributed by atoms with van der Waals surface area (Å²) in [6.07, 6.45) is 2.47. The lowest BCUT2D eigenvalue weighted by molar-refractivity contribution is 0.414. The van der Waals surface area contributed by atoms with E-state index in [-0.39, 0.29) is 0 Å². The molecule has 0 saturated heterocycles. The van der Waals surface area contributed by atoms with E-state index in [2.05, 4.69) is 51.9 Å². The molecule has 6 heteroatoms. The minimum atomic E-state index is 0.450. The van der Waals surface area contributed by atoms with Crippen LogP contribution in [-0.4, -0.2) is 17.1 Å². The third kappa shape index (κ3) is 3.16. The summed E-state index contributed by atoms with van der Waals surface area (Å²) in [6.45, 7) is 2.79. The lowest BCUT2D eigenvalue weighted by Crippen LogP contribution is -2.12. The van der Waals surface area contributed by atoms with Gasteiger partial charge in [0.25, 0.3) is 0 Å². The van der Waals surface area contributed by atoms with Gasteiger partial charge in [-0.2, -0.15) is 0 Å². The SMILES string of the molecule is CCc1ccc(CNc2ncnc(NN)c2OC)cc1. The Morgan fingerprint density at radius 1 is 1.10 bits per heavy atom. The lowest BCUT2D eigenvalue weighted by Gasteiger charge is -2.12. The first-order valence-corrected chi connectivity index (χ1v) is 6.45. The molecule has 0 radical (unpaired) electrons. The van der Waals surface area contributed by atoms with Crippen molar-refractivity contribution in [2.45, 2.75) is 19.9 Å². The summed E-state index contributed by atoms with van der Waals surface area (Å²) in [5.41, 5.74) is 4.98. The number of anilines is 2. The number of hydrazine groups is 1. The second kappa shape index (κ2) is 6.72. The molecule has 0 amide bonds. The largest absolute Gasteiger partial charge is 0.490 e. The summed E-state index contributed by atoms with van der Waals surface area (Å²) in [4.78, 5) is 8.16. The molecule has 2 aromatic rings. The van der Waals surface area contributed by atoms with E-state index >= 15 is 0 Å². The van der Waals surface area contributed by atoms with Crippen molar-refractivity contribution in [2.75, 3.05) is 17.9 Å². The van der Waals surface area contributed by atoms with Gasteiger partial charge in [0, 0.05) is 6.54 Å². The molecule has 6 nitrogen and oxygen atoms in total. The number of aromatic nitrogens is 2. The molecule has 0 bridgehead atoms. The molecule has 1 aromatic heterocycles. The highest BCUT2D eigenvalue weighted by Gasteiger charge is 2.10. The number of hydrogen-bond acceptors (Lipinski definition) is 6. The maximum absolute atomic E-state index is 5.39. The van der Waals surface area contributed by atoms with Crippen LogP contribution in [0.2, 0.25) is 0 Å². The van der Waals surface area contributed by atoms with Crippen LogP contribution >= 0.6 is 0 Å². The number of methoxy groups -OCH3 is 1. The third-order valence-corrected chi connectivity index (χ3v) is 3.04. The Labute approximate surface area is 118 Å². The minimum absolute atomic E-state index is 0.450. The average Bonchev–Trinajstić information content (AvgIpc) is 2.52. The Hall–Kier alpha value is -2.34. The molecular weight excluding hydrogens is 254 g/mol. The summed E-state index contributed by atoms with van der Waals surface area (Å²) in [5.74, 6) is 6.94. The predicted octanol–water partition coefficient (Wildman–Crippen LogP) is 1.95. The fraction of sp³-hybridized carbons (Fsp3) is 0.286. The zero-order valence-electron chi connectivity index (χ0n) is 11.7. The molecule has 0 spiro atoms. The number of rotatable bonds is 6. The van der Waals surface area contributed by atoms with Gasteiger partial charge in [0.05, 0.1) is 7.11 Å². The molecule has 1 heterocycles. The molecule has 0 atom stereocenters. The second-order valence-corrected chi connectivity index (χ2v) is 4.27. The van der Waals surface area contributed by atoms with Crippen LogP contribution < -0.4 is 21.3 Å². The molecule has 0 fully saturated rings. The van der Waals surface area contributed by atoms with Crippen LogP contribution in [0.4, 0.5) is 11.6 Å². The first-order chi connectivity index (χ1) is 9.78. The van der Waals surface area contributed by atoms with Gasteiger partial charge in [0.15, 0.2) is 11.6 Å². The van der Waals surface area contributed by atoms with Crippen molar-refractivity contribution in [3.05, 3.63) is 41.7 Å². The maximum Gasteiger partial charge on any atom is 0.205 e. The van der Waals surface area contributed by atoms with Gasteiger partial charge in [0.1, 0.15) is 6.33 Å². The summed E-state index contributed by atoms with van der Waals surface area (Å²) in [7, 11) is 1.56. The number of nitrogens with one attached hydrogen (secondary N) is 2. The van der Waals surface area contributed by atoms with E-state index in [9.17, 15) is 0 Å². The van der Waals surface area contributed by atoms with E-state index < -0.39 is 0 Å². The fourth-order valence-corrected chi connectivity index (χ4v) is 1.87. The normalized spacial score (nSPS) is 10.2. The Balaban J connectivity index is 2.10. The van der Waals surface area contributed by atoms with E-state index in [1.165, 1.54) is 17.5 Å². The zero-order valence-corrected chi connectivity index (χ0v) is 11.7. The molecule has 0 saturated carbocycles. The molecule has 2 rings (SSSR count). The topological polar surface area (TPSA) is 85.1 Å². The monoisotopic (exact) mass is 273 g/mol. The molecule has 4 N–H and O–H groups in total. The number of benzene rings is 1. The van der Waals surface area contributed by atoms with Crippen molar-refractivity contribution >= 4 is 11.6 Å². The van der Waals surface area contributed by atoms with Crippen LogP contribution in [0.25, 0.3) is 0 Å². The van der Waals surface area contributed by atoms with Crippen LogP contribution in [0.5, 0.6) is 5.75 Å². The van der Waals surface area contributed by atoms with E-state index in [0.29, 0.717) is 23.9 Å². The van der Waals surface area contributed by atoms with Crippen LogP contribution in [0.3, 0.4) is 0 Å². The van der Waals surface area contributed by atoms with Crippen molar-refractivity contribution in [3.8, 4) is 5.75 Å². The Kier molecular flexibility index (Phi) is 4.73. The minimum Gasteiger partial charge on any atom is -0.490 e. The first kappa shape index (κ1) is 14.1. The Morgan fingerprint density at radius 3 is 2.35 bits per heavy atom. The fourth-order valence-electron chi connectivity index (χ4n) is 1.87. The average molecular weight is 273 g/mol. The van der Waals surface area contributed by atoms with Gasteiger partial charge < -0.3 is 15.5 Å². The van der Waals surface area contributed by atoms with Gasteiger partial charge in [-0.1, -0.05) is 31.2 Å². The number of aryl methyl sites for hydroxylation is 1.